The highest BCUT2D eigenvalue weighted by Crippen LogP contribution is 2.33. The van der Waals surface area contributed by atoms with Crippen LogP contribution in [0.3, 0.4) is 0 Å². The third-order valence-corrected chi connectivity index (χ3v) is 3.94. The van der Waals surface area contributed by atoms with E-state index in [0.717, 1.165) is 32.2 Å². The molecule has 0 spiro atoms. The van der Waals surface area contributed by atoms with Crippen molar-refractivity contribution in [3.63, 3.8) is 0 Å². The van der Waals surface area contributed by atoms with E-state index in [0.29, 0.717) is 5.91 Å². The zero-order valence-electron chi connectivity index (χ0n) is 11.3. The van der Waals surface area contributed by atoms with Crippen LogP contribution < -0.4 is 0 Å². The molecule has 0 aliphatic carbocycles. The van der Waals surface area contributed by atoms with Gasteiger partial charge in [-0.1, -0.05) is 19.9 Å². The van der Waals surface area contributed by atoms with Crippen LogP contribution in [0.1, 0.15) is 51.1 Å². The van der Waals surface area contributed by atoms with Crippen LogP contribution in [0.5, 0.6) is 0 Å². The maximum atomic E-state index is 12.5. The minimum Gasteiger partial charge on any atom is -0.335 e. The summed E-state index contributed by atoms with van der Waals surface area (Å²) in [5.74, 6) is 0.508. The molecule has 2 heterocycles. The zero-order chi connectivity index (χ0) is 13.0. The number of aromatic nitrogens is 1. The molecule has 98 valence electrons. The Bertz CT molecular complexity index is 387. The summed E-state index contributed by atoms with van der Waals surface area (Å²) in [6.07, 6.45) is 7.72. The fourth-order valence-electron chi connectivity index (χ4n) is 2.82. The first-order chi connectivity index (χ1) is 8.77. The number of carbonyl (C=O) groups excluding carboxylic acids is 1. The molecule has 3 heteroatoms. The molecule has 18 heavy (non-hydrogen) atoms. The molecule has 1 unspecified atom stereocenters. The van der Waals surface area contributed by atoms with E-state index in [4.69, 9.17) is 0 Å². The van der Waals surface area contributed by atoms with Gasteiger partial charge in [-0.15, -0.1) is 0 Å². The lowest BCUT2D eigenvalue weighted by Crippen LogP contribution is -2.35. The number of pyridine rings is 1. The van der Waals surface area contributed by atoms with Gasteiger partial charge in [-0.2, -0.15) is 0 Å². The summed E-state index contributed by atoms with van der Waals surface area (Å²) in [6, 6.07) is 4.27. The van der Waals surface area contributed by atoms with Gasteiger partial charge in [0.2, 0.25) is 5.91 Å². The molecule has 0 aromatic carbocycles. The number of hydrogen-bond donors (Lipinski definition) is 0. The van der Waals surface area contributed by atoms with Crippen molar-refractivity contribution in [3.8, 4) is 0 Å². The van der Waals surface area contributed by atoms with E-state index >= 15 is 0 Å². The van der Waals surface area contributed by atoms with Gasteiger partial charge in [0.25, 0.3) is 0 Å². The average molecular weight is 246 g/mol. The summed E-state index contributed by atoms with van der Waals surface area (Å²) in [4.78, 5) is 18.7. The van der Waals surface area contributed by atoms with E-state index in [2.05, 4.69) is 29.8 Å². The first kappa shape index (κ1) is 13.1. The maximum absolute atomic E-state index is 12.5. The van der Waals surface area contributed by atoms with Gasteiger partial charge in [-0.05, 0) is 37.3 Å². The molecule has 1 aliphatic rings. The molecule has 3 nitrogen and oxygen atoms in total. The molecular weight excluding hydrogens is 224 g/mol. The van der Waals surface area contributed by atoms with Gasteiger partial charge in [0.05, 0.1) is 6.04 Å². The summed E-state index contributed by atoms with van der Waals surface area (Å²) in [6.45, 7) is 5.09. The Morgan fingerprint density at radius 2 is 2.28 bits per heavy atom. The molecule has 1 aromatic rings. The number of carbonyl (C=O) groups is 1. The van der Waals surface area contributed by atoms with Crippen LogP contribution in [0.15, 0.2) is 24.5 Å². The molecule has 1 aliphatic heterocycles. The highest BCUT2D eigenvalue weighted by Gasteiger charge is 2.32. The summed E-state index contributed by atoms with van der Waals surface area (Å²) in [7, 11) is 0. The average Bonchev–Trinajstić information content (AvgIpc) is 2.90. The van der Waals surface area contributed by atoms with Crippen molar-refractivity contribution < 1.29 is 4.79 Å². The second kappa shape index (κ2) is 5.98. The third kappa shape index (κ3) is 2.55. The van der Waals surface area contributed by atoms with Gasteiger partial charge in [0, 0.05) is 24.9 Å². The van der Waals surface area contributed by atoms with Crippen molar-refractivity contribution >= 4 is 5.91 Å². The maximum Gasteiger partial charge on any atom is 0.226 e. The van der Waals surface area contributed by atoms with Gasteiger partial charge >= 0.3 is 0 Å². The summed E-state index contributed by atoms with van der Waals surface area (Å²) in [5.41, 5.74) is 1.18. The number of nitrogens with zero attached hydrogens (tertiary/aromatic N) is 2. The molecule has 1 fully saturated rings. The summed E-state index contributed by atoms with van der Waals surface area (Å²) >= 11 is 0. The van der Waals surface area contributed by atoms with Crippen molar-refractivity contribution in [2.24, 2.45) is 5.92 Å². The minimum absolute atomic E-state index is 0.183. The number of amides is 1. The Morgan fingerprint density at radius 3 is 2.89 bits per heavy atom. The van der Waals surface area contributed by atoms with Gasteiger partial charge in [-0.3, -0.25) is 9.78 Å². The molecule has 0 saturated carbocycles. The van der Waals surface area contributed by atoms with E-state index < -0.39 is 0 Å². The lowest BCUT2D eigenvalue weighted by Gasteiger charge is -2.28. The van der Waals surface area contributed by atoms with Crippen LogP contribution in [-0.2, 0) is 4.79 Å². The predicted octanol–water partition coefficient (Wildman–Crippen LogP) is 3.18. The van der Waals surface area contributed by atoms with Gasteiger partial charge in [-0.25, -0.2) is 0 Å². The molecule has 0 radical (unpaired) electrons. The standard InChI is InChI=1S/C15H22N2O/c1-3-12(4-2)15(18)17-10-6-8-14(17)13-7-5-9-16-11-13/h5,7,9,11-12,14H,3-4,6,8,10H2,1-2H3. The van der Waals surface area contributed by atoms with Gasteiger partial charge < -0.3 is 4.90 Å². The second-order valence-electron chi connectivity index (χ2n) is 4.99. The molecule has 1 atom stereocenters. The van der Waals surface area contributed by atoms with Crippen LogP contribution in [0.4, 0.5) is 0 Å². The Morgan fingerprint density at radius 1 is 1.50 bits per heavy atom. The Labute approximate surface area is 109 Å². The van der Waals surface area contributed by atoms with Crippen molar-refractivity contribution in [2.45, 2.75) is 45.6 Å². The lowest BCUT2D eigenvalue weighted by molar-refractivity contribution is -0.136. The van der Waals surface area contributed by atoms with E-state index in [1.54, 1.807) is 6.20 Å². The van der Waals surface area contributed by atoms with Gasteiger partial charge in [0.15, 0.2) is 0 Å². The predicted molar refractivity (Wildman–Crippen MR) is 72.0 cm³/mol. The topological polar surface area (TPSA) is 33.2 Å². The molecule has 0 N–H and O–H groups in total. The minimum atomic E-state index is 0.183. The highest BCUT2D eigenvalue weighted by atomic mass is 16.2. The number of hydrogen-bond acceptors (Lipinski definition) is 2. The first-order valence-corrected chi connectivity index (χ1v) is 6.98. The lowest BCUT2D eigenvalue weighted by atomic mass is 10.00. The van der Waals surface area contributed by atoms with E-state index in [1.165, 1.54) is 5.56 Å². The molecule has 1 saturated heterocycles. The molecule has 1 amide bonds. The highest BCUT2D eigenvalue weighted by molar-refractivity contribution is 5.79. The molecule has 1 aromatic heterocycles. The van der Waals surface area contributed by atoms with Crippen LogP contribution >= 0.6 is 0 Å². The Balaban J connectivity index is 2.15. The zero-order valence-corrected chi connectivity index (χ0v) is 11.3. The smallest absolute Gasteiger partial charge is 0.226 e. The van der Waals surface area contributed by atoms with Crippen LogP contribution in [0, 0.1) is 5.92 Å². The van der Waals surface area contributed by atoms with Crippen molar-refractivity contribution in [1.82, 2.24) is 9.88 Å². The number of likely N-dealkylation sites (tertiary alicyclic amines) is 1. The fourth-order valence-corrected chi connectivity index (χ4v) is 2.82. The fraction of sp³-hybridized carbons (Fsp3) is 0.600. The van der Waals surface area contributed by atoms with E-state index in [9.17, 15) is 4.79 Å². The van der Waals surface area contributed by atoms with Crippen molar-refractivity contribution in [3.05, 3.63) is 30.1 Å². The molecular formula is C15H22N2O. The largest absolute Gasteiger partial charge is 0.335 e. The molecule has 0 bridgehead atoms. The summed E-state index contributed by atoms with van der Waals surface area (Å²) < 4.78 is 0. The van der Waals surface area contributed by atoms with Gasteiger partial charge in [0.1, 0.15) is 0 Å². The Kier molecular flexibility index (Phi) is 4.34. The van der Waals surface area contributed by atoms with Crippen LogP contribution in [-0.4, -0.2) is 22.3 Å². The van der Waals surface area contributed by atoms with Crippen molar-refractivity contribution in [1.29, 1.82) is 0 Å². The second-order valence-corrected chi connectivity index (χ2v) is 4.99. The first-order valence-electron chi connectivity index (χ1n) is 6.98. The normalized spacial score (nSPS) is 19.5. The SMILES string of the molecule is CCC(CC)C(=O)N1CCCC1c1cccnc1. The molecule has 2 rings (SSSR count). The summed E-state index contributed by atoms with van der Waals surface area (Å²) in [5, 5.41) is 0. The van der Waals surface area contributed by atoms with Crippen molar-refractivity contribution in [2.75, 3.05) is 6.54 Å². The quantitative estimate of drug-likeness (QED) is 0.817. The van der Waals surface area contributed by atoms with Crippen LogP contribution in [0.2, 0.25) is 0 Å². The van der Waals surface area contributed by atoms with Crippen LogP contribution in [0.25, 0.3) is 0 Å². The van der Waals surface area contributed by atoms with E-state index in [1.807, 2.05) is 12.3 Å². The number of rotatable bonds is 4. The Hall–Kier alpha value is -1.38. The third-order valence-electron chi connectivity index (χ3n) is 3.94. The van der Waals surface area contributed by atoms with E-state index in [-0.39, 0.29) is 12.0 Å². The monoisotopic (exact) mass is 246 g/mol.